The van der Waals surface area contributed by atoms with Crippen LogP contribution in [0.4, 0.5) is 34.1 Å². The molecule has 2 unspecified atom stereocenters. The highest BCUT2D eigenvalue weighted by Gasteiger charge is 2.27. The van der Waals surface area contributed by atoms with E-state index in [0.29, 0.717) is 21.4 Å². The number of rotatable bonds is 14. The number of nitrogens with zero attached hydrogens (tertiary/aromatic N) is 4. The van der Waals surface area contributed by atoms with Crippen molar-refractivity contribution in [2.75, 3.05) is 21.3 Å². The van der Waals surface area contributed by atoms with Crippen LogP contribution in [-0.4, -0.2) is 47.3 Å². The molecule has 0 heterocycles. The van der Waals surface area contributed by atoms with Gasteiger partial charge >= 0.3 is 0 Å². The summed E-state index contributed by atoms with van der Waals surface area (Å²) in [5.74, 6) is -4.56. The Morgan fingerprint density at radius 3 is 1.16 bits per heavy atom. The molecule has 62 heavy (non-hydrogen) atoms. The third-order valence-corrected chi connectivity index (χ3v) is 10.2. The van der Waals surface area contributed by atoms with Gasteiger partial charge in [0.2, 0.25) is 12.1 Å². The molecule has 0 aliphatic heterocycles. The molecule has 4 N–H and O–H groups in total. The van der Waals surface area contributed by atoms with Gasteiger partial charge in [-0.05, 0) is 98.8 Å². The summed E-state index contributed by atoms with van der Waals surface area (Å²) >= 11 is 49.5. The van der Waals surface area contributed by atoms with Crippen LogP contribution in [0.1, 0.15) is 34.6 Å². The van der Waals surface area contributed by atoms with Crippen molar-refractivity contribution in [2.45, 2.75) is 25.9 Å². The summed E-state index contributed by atoms with van der Waals surface area (Å²) < 4.78 is 0. The quantitative estimate of drug-likeness (QED) is 0.0630. The summed E-state index contributed by atoms with van der Waals surface area (Å²) in [5.41, 5.74) is 0.604. The molecule has 0 aliphatic carbocycles. The molecule has 318 valence electrons. The second kappa shape index (κ2) is 21.3. The van der Waals surface area contributed by atoms with Gasteiger partial charge in [-0.25, -0.2) is 0 Å². The predicted octanol–water partition coefficient (Wildman–Crippen LogP) is 12.8. The monoisotopic (exact) mass is 994 g/mol. The van der Waals surface area contributed by atoms with Crippen LogP contribution >= 0.6 is 92.8 Å². The molecular formula is C40H26Cl8N8O6. The van der Waals surface area contributed by atoms with Crippen LogP contribution in [-0.2, 0) is 19.2 Å². The number of nitrogens with one attached hydrogen (secondary N) is 4. The first kappa shape index (κ1) is 47.9. The Balaban J connectivity index is 1.26. The Labute approximate surface area is 392 Å². The largest absolute Gasteiger partial charge is 0.324 e. The zero-order valence-corrected chi connectivity index (χ0v) is 37.5. The van der Waals surface area contributed by atoms with Crippen molar-refractivity contribution >= 4 is 162 Å². The van der Waals surface area contributed by atoms with Gasteiger partial charge in [0.15, 0.2) is 11.6 Å². The zero-order chi connectivity index (χ0) is 45.4. The number of azo groups is 2. The summed E-state index contributed by atoms with van der Waals surface area (Å²) in [6, 6.07) is 16.1. The molecule has 2 atom stereocenters. The van der Waals surface area contributed by atoms with Crippen molar-refractivity contribution in [1.82, 2.24) is 0 Å². The number of benzene rings is 5. The summed E-state index contributed by atoms with van der Waals surface area (Å²) in [6.07, 6.45) is 0. The van der Waals surface area contributed by atoms with Crippen LogP contribution in [0.15, 0.2) is 105 Å². The lowest BCUT2D eigenvalue weighted by atomic mass is 10.1. The van der Waals surface area contributed by atoms with E-state index < -0.39 is 47.3 Å². The molecule has 0 spiro atoms. The first-order valence-electron chi connectivity index (χ1n) is 17.3. The highest BCUT2D eigenvalue weighted by Crippen LogP contribution is 2.35. The van der Waals surface area contributed by atoms with Gasteiger partial charge < -0.3 is 21.3 Å². The molecule has 5 aromatic carbocycles. The van der Waals surface area contributed by atoms with Crippen molar-refractivity contribution in [2.24, 2.45) is 20.5 Å². The third kappa shape index (κ3) is 12.9. The van der Waals surface area contributed by atoms with Crippen molar-refractivity contribution in [3.63, 3.8) is 0 Å². The smallest absolute Gasteiger partial charge is 0.258 e. The topological polar surface area (TPSA) is 200 Å². The Bertz CT molecular complexity index is 2650. The molecule has 5 aromatic rings. The maximum atomic E-state index is 13.3. The molecular weight excluding hydrogens is 972 g/mol. The van der Waals surface area contributed by atoms with E-state index in [0.717, 1.165) is 13.8 Å². The third-order valence-electron chi connectivity index (χ3n) is 8.03. The number of carbonyl (C=O) groups excluding carboxylic acids is 6. The number of hydrogen-bond donors (Lipinski definition) is 4. The Kier molecular flexibility index (Phi) is 16.4. The molecule has 14 nitrogen and oxygen atoms in total. The SMILES string of the molecule is CC(=O)C(N=Nc1ccc(Cl)c(C(=O)Nc2cc(Cl)cc(Cl)c2)c1)C(=O)Nc1cc(Cl)c(NC(=O)C(N=Nc2ccc(Cl)c(C(=O)Nc3cc(Cl)cc(Cl)c3)c2)C(C)=O)c(Cl)c1. The molecule has 0 saturated carbocycles. The fourth-order valence-corrected chi connectivity index (χ4v) is 7.24. The first-order chi connectivity index (χ1) is 29.3. The van der Waals surface area contributed by atoms with E-state index in [9.17, 15) is 28.8 Å². The van der Waals surface area contributed by atoms with Crippen molar-refractivity contribution < 1.29 is 28.8 Å². The Morgan fingerprint density at radius 2 is 0.790 bits per heavy atom. The van der Waals surface area contributed by atoms with E-state index in [-0.39, 0.29) is 64.0 Å². The molecule has 22 heteroatoms. The lowest BCUT2D eigenvalue weighted by Crippen LogP contribution is -2.32. The molecule has 0 fully saturated rings. The maximum Gasteiger partial charge on any atom is 0.258 e. The summed E-state index contributed by atoms with van der Waals surface area (Å²) in [5, 5.41) is 26.8. The Morgan fingerprint density at radius 1 is 0.435 bits per heavy atom. The summed E-state index contributed by atoms with van der Waals surface area (Å²) in [6.45, 7) is 2.22. The second-order valence-electron chi connectivity index (χ2n) is 12.8. The highest BCUT2D eigenvalue weighted by atomic mass is 35.5. The first-order valence-corrected chi connectivity index (χ1v) is 20.4. The van der Waals surface area contributed by atoms with Crippen LogP contribution < -0.4 is 21.3 Å². The highest BCUT2D eigenvalue weighted by molar-refractivity contribution is 6.41. The van der Waals surface area contributed by atoms with Gasteiger partial charge in [-0.3, -0.25) is 28.8 Å². The number of halogens is 8. The van der Waals surface area contributed by atoms with E-state index in [1.165, 1.54) is 84.9 Å². The van der Waals surface area contributed by atoms with Crippen LogP contribution in [0.25, 0.3) is 0 Å². The lowest BCUT2D eigenvalue weighted by molar-refractivity contribution is -0.127. The van der Waals surface area contributed by atoms with Gasteiger partial charge in [-0.1, -0.05) is 92.8 Å². The van der Waals surface area contributed by atoms with Gasteiger partial charge in [0.05, 0.1) is 48.3 Å². The lowest BCUT2D eigenvalue weighted by Gasteiger charge is -2.15. The second-order valence-corrected chi connectivity index (χ2v) is 16.2. The van der Waals surface area contributed by atoms with E-state index in [1.54, 1.807) is 0 Å². The molecule has 0 aromatic heterocycles. The molecule has 0 aliphatic rings. The molecule has 4 amide bonds. The number of hydrogen-bond acceptors (Lipinski definition) is 10. The van der Waals surface area contributed by atoms with Gasteiger partial charge in [-0.2, -0.15) is 20.5 Å². The molecule has 0 saturated heterocycles. The Hall–Kier alpha value is -5.16. The minimum Gasteiger partial charge on any atom is -0.324 e. The average Bonchev–Trinajstić information content (AvgIpc) is 3.16. The van der Waals surface area contributed by atoms with E-state index in [4.69, 9.17) is 92.8 Å². The van der Waals surface area contributed by atoms with Gasteiger partial charge in [0.1, 0.15) is 0 Å². The van der Waals surface area contributed by atoms with Gasteiger partial charge in [-0.15, -0.1) is 0 Å². The van der Waals surface area contributed by atoms with Crippen LogP contribution in [0.3, 0.4) is 0 Å². The fraction of sp³-hybridized carbons (Fsp3) is 0.100. The van der Waals surface area contributed by atoms with Crippen molar-refractivity contribution in [3.05, 3.63) is 136 Å². The van der Waals surface area contributed by atoms with Gasteiger partial charge in [0.25, 0.3) is 23.6 Å². The van der Waals surface area contributed by atoms with E-state index >= 15 is 0 Å². The zero-order valence-electron chi connectivity index (χ0n) is 31.5. The van der Waals surface area contributed by atoms with Crippen LogP contribution in [0.5, 0.6) is 0 Å². The number of Topliss-reactive ketones (excluding diaryl/α,β-unsaturated/α-hetero) is 2. The predicted molar refractivity (Wildman–Crippen MR) is 243 cm³/mol. The number of anilines is 4. The molecule has 0 radical (unpaired) electrons. The van der Waals surface area contributed by atoms with Gasteiger partial charge in [0, 0.05) is 37.2 Å². The van der Waals surface area contributed by atoms with E-state index in [1.807, 2.05) is 0 Å². The molecule has 0 bridgehead atoms. The normalized spacial score (nSPS) is 12.2. The number of carbonyl (C=O) groups is 6. The summed E-state index contributed by atoms with van der Waals surface area (Å²) in [4.78, 5) is 77.5. The van der Waals surface area contributed by atoms with Crippen molar-refractivity contribution in [3.8, 4) is 0 Å². The minimum atomic E-state index is -1.70. The average molecular weight is 998 g/mol. The minimum absolute atomic E-state index is 0.000127. The maximum absolute atomic E-state index is 13.3. The molecule has 5 rings (SSSR count). The van der Waals surface area contributed by atoms with Crippen LogP contribution in [0.2, 0.25) is 40.2 Å². The number of amides is 4. The summed E-state index contributed by atoms with van der Waals surface area (Å²) in [7, 11) is 0. The van der Waals surface area contributed by atoms with Crippen LogP contribution in [0, 0.1) is 0 Å². The fourth-order valence-electron chi connectivity index (χ4n) is 5.20. The van der Waals surface area contributed by atoms with E-state index in [2.05, 4.69) is 41.7 Å². The number of ketones is 2. The van der Waals surface area contributed by atoms with Crippen molar-refractivity contribution in [1.29, 1.82) is 0 Å². The standard InChI is InChI=1S/C40H26Cl8N8O6/c1-17(57)34(55-53-23-3-5-30(45)28(13-23)37(59)49-25-9-19(41)7-20(42)10-25)39(61)51-27-15-32(47)36(33(48)16-27)52-40(62)35(18(2)58)56-54-24-4-6-31(46)29(14-24)38(60)50-26-11-21(43)8-22(44)12-26/h3-16,34-35H,1-2H3,(H,49,59)(H,50,60)(H,51,61)(H,52,62).